The molecule has 0 saturated carbocycles. The van der Waals surface area contributed by atoms with Gasteiger partial charge in [0.25, 0.3) is 0 Å². The molecule has 0 spiro atoms. The van der Waals surface area contributed by atoms with E-state index in [4.69, 9.17) is 11.5 Å². The average Bonchev–Trinajstić information content (AvgIpc) is 2.00. The molecule has 0 amide bonds. The molecule has 4 heteroatoms. The Balaban J connectivity index is 3.58. The van der Waals surface area contributed by atoms with Crippen molar-refractivity contribution in [2.75, 3.05) is 20.1 Å². The lowest BCUT2D eigenvalue weighted by Gasteiger charge is -2.25. The first-order valence-corrected chi connectivity index (χ1v) is 3.50. The Morgan fingerprint density at radius 1 is 1.50 bits per heavy atom. The van der Waals surface area contributed by atoms with Crippen LogP contribution in [0.5, 0.6) is 0 Å². The highest BCUT2D eigenvalue weighted by Gasteiger charge is 2.20. The Bertz CT molecular complexity index is 83.1. The molecule has 10 heavy (non-hydrogen) atoms. The van der Waals surface area contributed by atoms with Crippen molar-refractivity contribution in [1.82, 2.24) is 5.32 Å². The molecular weight excluding hydrogens is 130 g/mol. The molecule has 6 N–H and O–H groups in total. The van der Waals surface area contributed by atoms with E-state index in [1.54, 1.807) is 7.05 Å². The van der Waals surface area contributed by atoms with Crippen LogP contribution in [0, 0.1) is 0 Å². The average molecular weight is 147 g/mol. The van der Waals surface area contributed by atoms with Gasteiger partial charge >= 0.3 is 0 Å². The molecule has 0 aromatic carbocycles. The van der Waals surface area contributed by atoms with Crippen molar-refractivity contribution in [3.8, 4) is 0 Å². The van der Waals surface area contributed by atoms with Crippen molar-refractivity contribution in [3.63, 3.8) is 0 Å². The molecule has 1 atom stereocenters. The van der Waals surface area contributed by atoms with Crippen LogP contribution in [0.1, 0.15) is 12.8 Å². The van der Waals surface area contributed by atoms with Gasteiger partial charge in [0.2, 0.25) is 0 Å². The lowest BCUT2D eigenvalue weighted by Crippen LogP contribution is -2.49. The predicted molar refractivity (Wildman–Crippen MR) is 41.4 cm³/mol. The van der Waals surface area contributed by atoms with Gasteiger partial charge in [-0.1, -0.05) is 0 Å². The third-order valence-electron chi connectivity index (χ3n) is 1.60. The van der Waals surface area contributed by atoms with Gasteiger partial charge in [0.15, 0.2) is 0 Å². The van der Waals surface area contributed by atoms with Crippen LogP contribution in [0.15, 0.2) is 0 Å². The Morgan fingerprint density at radius 3 is 2.40 bits per heavy atom. The van der Waals surface area contributed by atoms with Gasteiger partial charge in [-0.2, -0.15) is 0 Å². The highest BCUT2D eigenvalue weighted by molar-refractivity contribution is 4.74. The summed E-state index contributed by atoms with van der Waals surface area (Å²) < 4.78 is 0. The number of nitrogens with two attached hydrogens (primary N) is 2. The zero-order chi connectivity index (χ0) is 8.04. The highest BCUT2D eigenvalue weighted by atomic mass is 16.3. The highest BCUT2D eigenvalue weighted by Crippen LogP contribution is 2.04. The molecule has 0 saturated heterocycles. The van der Waals surface area contributed by atoms with E-state index in [0.717, 1.165) is 6.42 Å². The SMILES string of the molecule is CNC(O)(CN)CCCN. The second-order valence-electron chi connectivity index (χ2n) is 2.38. The molecule has 0 rings (SSSR count). The maximum atomic E-state index is 9.47. The second-order valence-corrected chi connectivity index (χ2v) is 2.38. The van der Waals surface area contributed by atoms with Crippen molar-refractivity contribution in [1.29, 1.82) is 0 Å². The summed E-state index contributed by atoms with van der Waals surface area (Å²) >= 11 is 0. The third-order valence-corrected chi connectivity index (χ3v) is 1.60. The maximum Gasteiger partial charge on any atom is 0.128 e. The molecule has 0 aliphatic carbocycles. The van der Waals surface area contributed by atoms with Gasteiger partial charge in [-0.25, -0.2) is 0 Å². The lowest BCUT2D eigenvalue weighted by atomic mass is 10.1. The van der Waals surface area contributed by atoms with E-state index in [0.29, 0.717) is 13.0 Å². The van der Waals surface area contributed by atoms with E-state index in [2.05, 4.69) is 5.32 Å². The first-order chi connectivity index (χ1) is 4.68. The van der Waals surface area contributed by atoms with Gasteiger partial charge in [0.1, 0.15) is 5.72 Å². The summed E-state index contributed by atoms with van der Waals surface area (Å²) in [5.41, 5.74) is 9.65. The number of hydrogen-bond acceptors (Lipinski definition) is 4. The van der Waals surface area contributed by atoms with Crippen LogP contribution in [0.3, 0.4) is 0 Å². The van der Waals surface area contributed by atoms with E-state index in [1.165, 1.54) is 0 Å². The summed E-state index contributed by atoms with van der Waals surface area (Å²) in [6.45, 7) is 0.813. The van der Waals surface area contributed by atoms with Crippen molar-refractivity contribution in [2.24, 2.45) is 11.5 Å². The first kappa shape index (κ1) is 9.84. The Labute approximate surface area is 61.6 Å². The van der Waals surface area contributed by atoms with E-state index in [1.807, 2.05) is 0 Å². The minimum Gasteiger partial charge on any atom is -0.375 e. The number of hydrogen-bond donors (Lipinski definition) is 4. The molecular formula is C6H17N3O. The molecule has 0 fully saturated rings. The van der Waals surface area contributed by atoms with Crippen LogP contribution in [-0.4, -0.2) is 31.0 Å². The van der Waals surface area contributed by atoms with Crippen LogP contribution < -0.4 is 16.8 Å². The molecule has 0 aromatic rings. The molecule has 62 valence electrons. The summed E-state index contributed by atoms with van der Waals surface area (Å²) in [6.07, 6.45) is 1.39. The molecule has 4 nitrogen and oxygen atoms in total. The van der Waals surface area contributed by atoms with Crippen LogP contribution in [0.25, 0.3) is 0 Å². The van der Waals surface area contributed by atoms with Crippen LogP contribution >= 0.6 is 0 Å². The summed E-state index contributed by atoms with van der Waals surface area (Å²) in [5.74, 6) is 0. The lowest BCUT2D eigenvalue weighted by molar-refractivity contribution is 0.0120. The standard InChI is InChI=1S/C6H17N3O/c1-9-6(10,5-8)3-2-4-7/h9-10H,2-5,7-8H2,1H3. The Morgan fingerprint density at radius 2 is 2.10 bits per heavy atom. The van der Waals surface area contributed by atoms with Crippen molar-refractivity contribution in [2.45, 2.75) is 18.6 Å². The van der Waals surface area contributed by atoms with Crippen LogP contribution in [0.2, 0.25) is 0 Å². The van der Waals surface area contributed by atoms with Gasteiger partial charge in [0, 0.05) is 6.54 Å². The van der Waals surface area contributed by atoms with Crippen molar-refractivity contribution >= 4 is 0 Å². The zero-order valence-corrected chi connectivity index (χ0v) is 6.43. The number of nitrogens with one attached hydrogen (secondary N) is 1. The number of rotatable bonds is 5. The summed E-state index contributed by atoms with van der Waals surface area (Å²) in [4.78, 5) is 0. The third kappa shape index (κ3) is 3.12. The Hall–Kier alpha value is -0.160. The van der Waals surface area contributed by atoms with Gasteiger partial charge in [-0.15, -0.1) is 0 Å². The van der Waals surface area contributed by atoms with E-state index in [9.17, 15) is 5.11 Å². The molecule has 0 aliphatic rings. The predicted octanol–water partition coefficient (Wildman–Crippen LogP) is -1.41. The molecule has 0 bridgehead atoms. The fourth-order valence-electron chi connectivity index (χ4n) is 0.724. The van der Waals surface area contributed by atoms with Crippen LogP contribution in [-0.2, 0) is 0 Å². The largest absolute Gasteiger partial charge is 0.375 e. The van der Waals surface area contributed by atoms with Crippen molar-refractivity contribution < 1.29 is 5.11 Å². The fraction of sp³-hybridized carbons (Fsp3) is 1.00. The normalized spacial score (nSPS) is 16.8. The molecule has 0 heterocycles. The van der Waals surface area contributed by atoms with Gasteiger partial charge < -0.3 is 16.6 Å². The van der Waals surface area contributed by atoms with Gasteiger partial charge in [-0.05, 0) is 26.4 Å². The van der Waals surface area contributed by atoms with Crippen molar-refractivity contribution in [3.05, 3.63) is 0 Å². The summed E-state index contributed by atoms with van der Waals surface area (Å²) in [6, 6.07) is 0. The van der Waals surface area contributed by atoms with E-state index >= 15 is 0 Å². The quantitative estimate of drug-likeness (QED) is 0.360. The molecule has 0 radical (unpaired) electrons. The molecule has 0 aromatic heterocycles. The van der Waals surface area contributed by atoms with Gasteiger partial charge in [-0.3, -0.25) is 5.32 Å². The summed E-state index contributed by atoms with van der Waals surface area (Å²) in [7, 11) is 1.68. The monoisotopic (exact) mass is 147 g/mol. The minimum atomic E-state index is -0.917. The topological polar surface area (TPSA) is 84.3 Å². The van der Waals surface area contributed by atoms with E-state index in [-0.39, 0.29) is 6.54 Å². The fourth-order valence-corrected chi connectivity index (χ4v) is 0.724. The summed E-state index contributed by atoms with van der Waals surface area (Å²) in [5, 5.41) is 12.2. The second kappa shape index (κ2) is 4.62. The Kier molecular flexibility index (Phi) is 4.55. The first-order valence-electron chi connectivity index (χ1n) is 3.50. The number of aliphatic hydroxyl groups is 1. The van der Waals surface area contributed by atoms with Crippen LogP contribution in [0.4, 0.5) is 0 Å². The zero-order valence-electron chi connectivity index (χ0n) is 6.43. The molecule has 0 aliphatic heterocycles. The number of likely N-dealkylation sites (N-methyl/N-ethyl adjacent to an activating group) is 1. The van der Waals surface area contributed by atoms with Gasteiger partial charge in [0.05, 0.1) is 0 Å². The molecule has 1 unspecified atom stereocenters. The minimum absolute atomic E-state index is 0.226. The van der Waals surface area contributed by atoms with E-state index < -0.39 is 5.72 Å². The smallest absolute Gasteiger partial charge is 0.128 e. The maximum absolute atomic E-state index is 9.47.